The maximum atomic E-state index is 13.3. The molecule has 0 saturated heterocycles. The summed E-state index contributed by atoms with van der Waals surface area (Å²) in [4.78, 5) is 23.5. The zero-order chi connectivity index (χ0) is 14.7. The van der Waals surface area contributed by atoms with Crippen LogP contribution in [0.2, 0.25) is 0 Å². The van der Waals surface area contributed by atoms with E-state index < -0.39 is 37.7 Å². The number of rotatable bonds is 3. The van der Waals surface area contributed by atoms with Gasteiger partial charge in [-0.3, -0.25) is 14.9 Å². The molecule has 0 aliphatic rings. The van der Waals surface area contributed by atoms with Crippen molar-refractivity contribution >= 4 is 21.7 Å². The predicted octanol–water partition coefficient (Wildman–Crippen LogP) is -0.875. The van der Waals surface area contributed by atoms with E-state index in [9.17, 15) is 31.9 Å². The summed E-state index contributed by atoms with van der Waals surface area (Å²) >= 11 is 0. The number of hydrogen-bond donors (Lipinski definition) is 1. The second-order valence-corrected chi connectivity index (χ2v) is 4.91. The highest BCUT2D eigenvalue weighted by atomic mass is 32.2. The number of halogens is 2. The van der Waals surface area contributed by atoms with E-state index >= 15 is 0 Å². The van der Waals surface area contributed by atoms with Gasteiger partial charge in [-0.1, -0.05) is 6.92 Å². The van der Waals surface area contributed by atoms with E-state index in [0.717, 1.165) is 5.32 Å². The lowest BCUT2D eigenvalue weighted by molar-refractivity contribution is -0.302. The summed E-state index contributed by atoms with van der Waals surface area (Å²) < 4.78 is 49.1. The van der Waals surface area contributed by atoms with Crippen LogP contribution in [0.25, 0.3) is 4.85 Å². The number of allylic oxidation sites excluding steroid dienone is 1. The van der Waals surface area contributed by atoms with Gasteiger partial charge in [0.15, 0.2) is 0 Å². The zero-order valence-electron chi connectivity index (χ0n) is 9.15. The van der Waals surface area contributed by atoms with Gasteiger partial charge in [0, 0.05) is 6.92 Å². The Bertz CT molecular complexity index is 555. The molecule has 0 aromatic heterocycles. The van der Waals surface area contributed by atoms with Gasteiger partial charge >= 0.3 is 11.2 Å². The van der Waals surface area contributed by atoms with Crippen LogP contribution in [0, 0.1) is 6.57 Å². The Morgan fingerprint density at radius 3 is 2.06 bits per heavy atom. The molecule has 0 saturated carbocycles. The van der Waals surface area contributed by atoms with Crippen molar-refractivity contribution in [3.63, 3.8) is 0 Å². The molecule has 0 aliphatic heterocycles. The number of nitrogens with one attached hydrogen (secondary N) is 1. The smallest absolute Gasteiger partial charge is 0.418 e. The fourth-order valence-electron chi connectivity index (χ4n) is 0.804. The molecule has 0 unspecified atom stereocenters. The Morgan fingerprint density at radius 2 is 1.78 bits per heavy atom. The third-order valence-corrected chi connectivity index (χ3v) is 3.30. The van der Waals surface area contributed by atoms with Crippen LogP contribution in [0.3, 0.4) is 0 Å². The van der Waals surface area contributed by atoms with E-state index in [0.29, 0.717) is 13.8 Å². The van der Waals surface area contributed by atoms with Gasteiger partial charge in [0.25, 0.3) is 14.9 Å². The summed E-state index contributed by atoms with van der Waals surface area (Å²) in [5, 5.41) is 4.97. The Labute approximate surface area is 101 Å². The third-order valence-electron chi connectivity index (χ3n) is 1.55. The van der Waals surface area contributed by atoms with Crippen LogP contribution < -0.4 is 10.4 Å². The Hall–Kier alpha value is -2.02. The second-order valence-electron chi connectivity index (χ2n) is 3.00. The van der Waals surface area contributed by atoms with Gasteiger partial charge in [0.1, 0.15) is 0 Å². The minimum atomic E-state index is -5.78. The normalized spacial score (nSPS) is 13.3. The van der Waals surface area contributed by atoms with Gasteiger partial charge < -0.3 is 5.11 Å². The fraction of sp³-hybridized carbons (Fsp3) is 0.375. The molecule has 1 N–H and O–H groups in total. The van der Waals surface area contributed by atoms with Crippen molar-refractivity contribution < 1.29 is 31.9 Å². The zero-order valence-corrected chi connectivity index (χ0v) is 9.97. The molecule has 0 atom stereocenters. The molecular weight excluding hydrogens is 274 g/mol. The first kappa shape index (κ1) is 16.0. The van der Waals surface area contributed by atoms with Crippen molar-refractivity contribution in [3.8, 4) is 0 Å². The number of carbonyl (C=O) groups excluding carboxylic acids is 2. The largest absolute Gasteiger partial charge is 0.884 e. The SMILES string of the molecule is [C-]#[N+]/C(=C(\C)[O-])S(=O)(=O)C(F)(F)C(=O)NC(C)=O. The molecule has 18 heavy (non-hydrogen) atoms. The lowest BCUT2D eigenvalue weighted by Crippen LogP contribution is -2.47. The van der Waals surface area contributed by atoms with Crippen molar-refractivity contribution in [3.05, 3.63) is 22.2 Å². The van der Waals surface area contributed by atoms with Crippen LogP contribution in [-0.2, 0) is 19.4 Å². The highest BCUT2D eigenvalue weighted by molar-refractivity contribution is 7.97. The molecular formula is C8H7F2N2O5S-. The molecule has 0 aromatic rings. The number of alkyl halides is 2. The molecule has 0 radical (unpaired) electrons. The summed E-state index contributed by atoms with van der Waals surface area (Å²) in [6.07, 6.45) is 0. The Balaban J connectivity index is 5.78. The minimum absolute atomic E-state index is 0.587. The monoisotopic (exact) mass is 281 g/mol. The molecule has 0 rings (SSSR count). The predicted molar refractivity (Wildman–Crippen MR) is 52.0 cm³/mol. The Morgan fingerprint density at radius 1 is 1.33 bits per heavy atom. The van der Waals surface area contributed by atoms with Crippen molar-refractivity contribution in [2.45, 2.75) is 19.1 Å². The number of amides is 2. The van der Waals surface area contributed by atoms with Gasteiger partial charge in [0.2, 0.25) is 5.91 Å². The maximum absolute atomic E-state index is 13.3. The lowest BCUT2D eigenvalue weighted by atomic mass is 10.6. The highest BCUT2D eigenvalue weighted by Crippen LogP contribution is 2.30. The van der Waals surface area contributed by atoms with Crippen LogP contribution in [0.5, 0.6) is 0 Å². The highest BCUT2D eigenvalue weighted by Gasteiger charge is 2.55. The first-order valence-corrected chi connectivity index (χ1v) is 5.66. The molecule has 0 spiro atoms. The number of hydrogen-bond acceptors (Lipinski definition) is 5. The van der Waals surface area contributed by atoms with Gasteiger partial charge in [-0.15, -0.1) is 5.76 Å². The summed E-state index contributed by atoms with van der Waals surface area (Å²) in [7, 11) is -5.78. The van der Waals surface area contributed by atoms with Gasteiger partial charge in [-0.2, -0.15) is 8.78 Å². The van der Waals surface area contributed by atoms with E-state index in [1.54, 1.807) is 0 Å². The molecule has 7 nitrogen and oxygen atoms in total. The molecule has 0 aromatic carbocycles. The first-order valence-electron chi connectivity index (χ1n) is 4.18. The Kier molecular flexibility index (Phi) is 4.52. The molecule has 10 heteroatoms. The average Bonchev–Trinajstić information content (AvgIpc) is 2.15. The lowest BCUT2D eigenvalue weighted by Gasteiger charge is -2.17. The number of imide groups is 1. The van der Waals surface area contributed by atoms with Crippen LogP contribution in [0.4, 0.5) is 8.78 Å². The summed E-state index contributed by atoms with van der Waals surface area (Å²) in [6, 6.07) is 0. The summed E-state index contributed by atoms with van der Waals surface area (Å²) in [5.74, 6) is -5.06. The molecule has 0 aliphatic carbocycles. The van der Waals surface area contributed by atoms with Gasteiger partial charge in [-0.25, -0.2) is 13.3 Å². The number of nitrogens with zero attached hydrogens (tertiary/aromatic N) is 1. The van der Waals surface area contributed by atoms with Crippen LogP contribution in [0.1, 0.15) is 13.8 Å². The van der Waals surface area contributed by atoms with E-state index in [4.69, 9.17) is 6.57 Å². The van der Waals surface area contributed by atoms with E-state index in [-0.39, 0.29) is 0 Å². The van der Waals surface area contributed by atoms with Gasteiger partial charge in [0.05, 0.1) is 6.57 Å². The topological polar surface area (TPSA) is 108 Å². The standard InChI is InChI=1S/C8H8F2N2O5S/c1-4(13)6(11-3)18(16,17)8(9,10)7(15)12-5(2)14/h13H,1-2H3,(H,12,14,15)/p-1/b6-4-. The van der Waals surface area contributed by atoms with Crippen molar-refractivity contribution in [1.29, 1.82) is 0 Å². The van der Waals surface area contributed by atoms with Gasteiger partial charge in [-0.05, 0) is 0 Å². The van der Waals surface area contributed by atoms with Crippen LogP contribution in [-0.4, -0.2) is 25.5 Å². The number of sulfone groups is 1. The first-order chi connectivity index (χ1) is 7.98. The average molecular weight is 281 g/mol. The summed E-state index contributed by atoms with van der Waals surface area (Å²) in [5.41, 5.74) is 0. The fourth-order valence-corrected chi connectivity index (χ4v) is 1.84. The molecule has 0 heterocycles. The minimum Gasteiger partial charge on any atom is -0.884 e. The quantitative estimate of drug-likeness (QED) is 0.534. The number of carbonyl (C=O) groups is 2. The van der Waals surface area contributed by atoms with Crippen LogP contribution >= 0.6 is 0 Å². The third kappa shape index (κ3) is 2.80. The van der Waals surface area contributed by atoms with Crippen molar-refractivity contribution in [1.82, 2.24) is 5.32 Å². The van der Waals surface area contributed by atoms with E-state index in [1.165, 1.54) is 0 Å². The maximum Gasteiger partial charge on any atom is 0.418 e. The van der Waals surface area contributed by atoms with Crippen LogP contribution in [0.15, 0.2) is 10.8 Å². The van der Waals surface area contributed by atoms with Crippen molar-refractivity contribution in [2.24, 2.45) is 0 Å². The van der Waals surface area contributed by atoms with E-state index in [1.807, 2.05) is 0 Å². The molecule has 0 fully saturated rings. The van der Waals surface area contributed by atoms with Crippen molar-refractivity contribution in [2.75, 3.05) is 0 Å². The summed E-state index contributed by atoms with van der Waals surface area (Å²) in [6.45, 7) is 7.67. The molecule has 0 bridgehead atoms. The van der Waals surface area contributed by atoms with E-state index in [2.05, 4.69) is 4.85 Å². The molecule has 100 valence electrons. The second kappa shape index (κ2) is 5.09. The molecule has 2 amide bonds.